The Morgan fingerprint density at radius 1 is 0.625 bits per heavy atom. The van der Waals surface area contributed by atoms with E-state index in [2.05, 4.69) is 38.2 Å². The van der Waals surface area contributed by atoms with Gasteiger partial charge in [0.1, 0.15) is 6.61 Å². The van der Waals surface area contributed by atoms with Crippen molar-refractivity contribution in [2.24, 2.45) is 0 Å². The second-order valence-corrected chi connectivity index (χ2v) is 14.2. The largest absolute Gasteiger partial charge is 0.477 e. The van der Waals surface area contributed by atoms with Crippen LogP contribution in [0.15, 0.2) is 24.3 Å². The highest BCUT2D eigenvalue weighted by Gasteiger charge is 2.31. The molecule has 0 aliphatic heterocycles. The average Bonchev–Trinajstić information content (AvgIpc) is 3.03. The van der Waals surface area contributed by atoms with Gasteiger partial charge in [-0.25, -0.2) is 4.79 Å². The summed E-state index contributed by atoms with van der Waals surface area (Å²) in [5, 5.41) is 9.57. The molecule has 0 rings (SSSR count). The Labute approximate surface area is 294 Å². The Morgan fingerprint density at radius 2 is 1.08 bits per heavy atom. The first-order valence-corrected chi connectivity index (χ1v) is 19.4. The van der Waals surface area contributed by atoms with Gasteiger partial charge in [0, 0.05) is 19.3 Å². The number of esters is 2. The second kappa shape index (κ2) is 32.0. The van der Waals surface area contributed by atoms with Crippen LogP contribution in [-0.2, 0) is 28.6 Å². The number of carboxylic acids is 1. The van der Waals surface area contributed by atoms with Crippen molar-refractivity contribution in [3.05, 3.63) is 24.3 Å². The Morgan fingerprint density at radius 3 is 1.60 bits per heavy atom. The monoisotopic (exact) mass is 681 g/mol. The molecule has 0 aliphatic rings. The van der Waals surface area contributed by atoms with Crippen LogP contribution in [0.1, 0.15) is 162 Å². The van der Waals surface area contributed by atoms with E-state index >= 15 is 0 Å². The van der Waals surface area contributed by atoms with Gasteiger partial charge in [-0.2, -0.15) is 0 Å². The maximum absolute atomic E-state index is 12.6. The van der Waals surface area contributed by atoms with E-state index in [9.17, 15) is 19.5 Å². The summed E-state index contributed by atoms with van der Waals surface area (Å²) >= 11 is 0. The van der Waals surface area contributed by atoms with Crippen molar-refractivity contribution in [3.63, 3.8) is 0 Å². The van der Waals surface area contributed by atoms with Crippen molar-refractivity contribution in [1.29, 1.82) is 0 Å². The maximum Gasteiger partial charge on any atom is 0.362 e. The molecule has 1 N–H and O–H groups in total. The average molecular weight is 681 g/mol. The SMILES string of the molecule is CCCCC/C=C/C=C/CCCCCCCCC(=O)OCC(COCCC(C(=O)O)[N+](C)(C)C)OC(=O)CCCCCCCCCCC. The van der Waals surface area contributed by atoms with E-state index in [0.29, 0.717) is 19.3 Å². The quantitative estimate of drug-likeness (QED) is 0.0313. The van der Waals surface area contributed by atoms with Gasteiger partial charge in [0.05, 0.1) is 34.4 Å². The van der Waals surface area contributed by atoms with Crippen LogP contribution in [0.5, 0.6) is 0 Å². The number of carboxylic acid groups (broad SMARTS) is 1. The zero-order valence-electron chi connectivity index (χ0n) is 31.7. The first kappa shape index (κ1) is 45.8. The van der Waals surface area contributed by atoms with Crippen molar-refractivity contribution >= 4 is 17.9 Å². The summed E-state index contributed by atoms with van der Waals surface area (Å²) in [5.41, 5.74) is 0. The molecule has 0 saturated heterocycles. The van der Waals surface area contributed by atoms with E-state index < -0.39 is 18.1 Å². The number of allylic oxidation sites excluding steroid dienone is 4. The van der Waals surface area contributed by atoms with Crippen molar-refractivity contribution in [1.82, 2.24) is 0 Å². The number of hydrogen-bond acceptors (Lipinski definition) is 6. The molecule has 8 heteroatoms. The van der Waals surface area contributed by atoms with Crippen LogP contribution in [0.2, 0.25) is 0 Å². The zero-order chi connectivity index (χ0) is 35.7. The Bertz CT molecular complexity index is 849. The van der Waals surface area contributed by atoms with Gasteiger partial charge in [0.2, 0.25) is 0 Å². The number of carbonyl (C=O) groups is 3. The molecular formula is C40H74NO7+. The second-order valence-electron chi connectivity index (χ2n) is 14.2. The lowest BCUT2D eigenvalue weighted by molar-refractivity contribution is -0.887. The minimum absolute atomic E-state index is 0.0541. The normalized spacial score (nSPS) is 13.3. The Balaban J connectivity index is 4.39. The number of hydrogen-bond donors (Lipinski definition) is 1. The number of aliphatic carboxylic acids is 1. The summed E-state index contributed by atoms with van der Waals surface area (Å²) in [4.78, 5) is 36.7. The smallest absolute Gasteiger partial charge is 0.362 e. The van der Waals surface area contributed by atoms with Crippen molar-refractivity contribution in [3.8, 4) is 0 Å². The highest BCUT2D eigenvalue weighted by atomic mass is 16.6. The summed E-state index contributed by atoms with van der Waals surface area (Å²) in [6, 6.07) is -0.611. The highest BCUT2D eigenvalue weighted by molar-refractivity contribution is 5.72. The minimum Gasteiger partial charge on any atom is -0.477 e. The number of carbonyl (C=O) groups excluding carboxylic acids is 2. The third kappa shape index (κ3) is 29.9. The fraction of sp³-hybridized carbons (Fsp3) is 0.825. The van der Waals surface area contributed by atoms with Gasteiger partial charge >= 0.3 is 17.9 Å². The summed E-state index contributed by atoms with van der Waals surface area (Å²) in [6.45, 7) is 4.66. The van der Waals surface area contributed by atoms with Gasteiger partial charge in [0.25, 0.3) is 0 Å². The van der Waals surface area contributed by atoms with Crippen LogP contribution in [0, 0.1) is 0 Å². The van der Waals surface area contributed by atoms with Crippen molar-refractivity contribution in [2.45, 2.75) is 174 Å². The standard InChI is InChI=1S/C40H73NO7/c1-6-8-10-12-14-16-17-18-19-20-21-23-24-26-28-30-38(42)47-35-36(34-46-33-32-37(40(44)45)41(3,4)5)48-39(43)31-29-27-25-22-15-13-11-9-7-2/h14,16-18,36-37H,6-13,15,19-35H2,1-5H3/p+1/b16-14+,18-17+. The lowest BCUT2D eigenvalue weighted by Gasteiger charge is -2.31. The molecule has 0 saturated carbocycles. The summed E-state index contributed by atoms with van der Waals surface area (Å²) < 4.78 is 17.2. The van der Waals surface area contributed by atoms with E-state index in [1.165, 1.54) is 83.5 Å². The minimum atomic E-state index is -0.877. The van der Waals surface area contributed by atoms with Gasteiger partial charge in [-0.3, -0.25) is 9.59 Å². The summed E-state index contributed by atoms with van der Waals surface area (Å²) in [7, 11) is 5.51. The summed E-state index contributed by atoms with van der Waals surface area (Å²) in [5.74, 6) is -1.48. The fourth-order valence-corrected chi connectivity index (χ4v) is 5.55. The van der Waals surface area contributed by atoms with Crippen LogP contribution in [0.4, 0.5) is 0 Å². The van der Waals surface area contributed by atoms with Crippen LogP contribution >= 0.6 is 0 Å². The third-order valence-corrected chi connectivity index (χ3v) is 8.63. The molecule has 0 amide bonds. The highest BCUT2D eigenvalue weighted by Crippen LogP contribution is 2.13. The van der Waals surface area contributed by atoms with Crippen LogP contribution < -0.4 is 0 Å². The third-order valence-electron chi connectivity index (χ3n) is 8.63. The zero-order valence-corrected chi connectivity index (χ0v) is 31.7. The molecule has 2 atom stereocenters. The van der Waals surface area contributed by atoms with Gasteiger partial charge in [-0.1, -0.05) is 128 Å². The Hall–Kier alpha value is -2.19. The first-order valence-electron chi connectivity index (χ1n) is 19.4. The predicted octanol–water partition coefficient (Wildman–Crippen LogP) is 9.74. The topological polar surface area (TPSA) is 99.1 Å². The molecule has 0 aromatic carbocycles. The molecule has 0 radical (unpaired) electrons. The first-order chi connectivity index (χ1) is 23.1. The van der Waals surface area contributed by atoms with E-state index in [-0.39, 0.29) is 36.2 Å². The fourth-order valence-electron chi connectivity index (χ4n) is 5.55. The van der Waals surface area contributed by atoms with Gasteiger partial charge in [-0.05, 0) is 38.5 Å². The van der Waals surface area contributed by atoms with E-state index in [1.54, 1.807) is 0 Å². The van der Waals surface area contributed by atoms with Gasteiger partial charge in [0.15, 0.2) is 12.1 Å². The van der Waals surface area contributed by atoms with E-state index in [4.69, 9.17) is 14.2 Å². The van der Waals surface area contributed by atoms with Crippen LogP contribution in [0.25, 0.3) is 0 Å². The molecule has 2 unspecified atom stereocenters. The number of unbranched alkanes of at least 4 members (excludes halogenated alkanes) is 17. The molecule has 0 aromatic heterocycles. The molecule has 0 aromatic rings. The molecular weight excluding hydrogens is 606 g/mol. The molecule has 0 spiro atoms. The maximum atomic E-state index is 12.6. The predicted molar refractivity (Wildman–Crippen MR) is 197 cm³/mol. The molecule has 0 fully saturated rings. The molecule has 0 bridgehead atoms. The summed E-state index contributed by atoms with van der Waals surface area (Å²) in [6.07, 6.45) is 32.1. The van der Waals surface area contributed by atoms with Crippen LogP contribution in [-0.4, -0.2) is 80.6 Å². The van der Waals surface area contributed by atoms with Crippen molar-refractivity contribution < 1.29 is 38.2 Å². The number of quaternary nitrogens is 1. The van der Waals surface area contributed by atoms with Crippen molar-refractivity contribution in [2.75, 3.05) is 41.0 Å². The number of likely N-dealkylation sites (N-methyl/N-ethyl adjacent to an activating group) is 1. The molecule has 0 aliphatic carbocycles. The van der Waals surface area contributed by atoms with Crippen LogP contribution in [0.3, 0.4) is 0 Å². The Kier molecular flexibility index (Phi) is 30.6. The number of rotatable bonds is 34. The van der Waals surface area contributed by atoms with E-state index in [1.807, 2.05) is 21.1 Å². The molecule has 8 nitrogen and oxygen atoms in total. The molecule has 48 heavy (non-hydrogen) atoms. The molecule has 0 heterocycles. The lowest BCUT2D eigenvalue weighted by atomic mass is 10.1. The lowest BCUT2D eigenvalue weighted by Crippen LogP contribution is -2.50. The molecule has 280 valence electrons. The number of nitrogens with zero attached hydrogens (tertiary/aromatic N) is 1. The van der Waals surface area contributed by atoms with Gasteiger partial charge in [-0.15, -0.1) is 0 Å². The van der Waals surface area contributed by atoms with E-state index in [0.717, 1.165) is 44.9 Å². The number of ether oxygens (including phenoxy) is 3. The van der Waals surface area contributed by atoms with Gasteiger partial charge < -0.3 is 23.8 Å².